The molecule has 1 heterocycles. The third-order valence-electron chi connectivity index (χ3n) is 8.69. The van der Waals surface area contributed by atoms with Crippen LogP contribution in [0.3, 0.4) is 0 Å². The van der Waals surface area contributed by atoms with Gasteiger partial charge in [-0.25, -0.2) is 0 Å². The summed E-state index contributed by atoms with van der Waals surface area (Å²) < 4.78 is 0.745. The van der Waals surface area contributed by atoms with Crippen molar-refractivity contribution in [3.63, 3.8) is 0 Å². The fourth-order valence-electron chi connectivity index (χ4n) is 6.94. The zero-order chi connectivity index (χ0) is 29.4. The first-order valence-electron chi connectivity index (χ1n) is 13.4. The quantitative estimate of drug-likeness (QED) is 0.179. The van der Waals surface area contributed by atoms with Crippen molar-refractivity contribution < 1.29 is 14.4 Å². The van der Waals surface area contributed by atoms with Gasteiger partial charge in [0.05, 0.1) is 22.5 Å². The number of alkyl halides is 2. The highest BCUT2D eigenvalue weighted by atomic mass is 79.9. The lowest BCUT2D eigenvalue weighted by molar-refractivity contribution is -0.146. The van der Waals surface area contributed by atoms with Crippen molar-refractivity contribution in [3.05, 3.63) is 134 Å². The lowest BCUT2D eigenvalue weighted by atomic mass is 9.54. The van der Waals surface area contributed by atoms with Crippen molar-refractivity contribution in [2.24, 2.45) is 11.8 Å². The van der Waals surface area contributed by atoms with Gasteiger partial charge >= 0.3 is 0 Å². The zero-order valence-corrected chi connectivity index (χ0v) is 25.7. The average Bonchev–Trinajstić information content (AvgIpc) is 3.27. The smallest absolute Gasteiger partial charge is 0.248 e. The Balaban J connectivity index is 1.36. The molecule has 0 unspecified atom stereocenters. The maximum atomic E-state index is 14.6. The number of carbonyl (C=O) groups is 3. The number of likely N-dealkylation sites (tertiary alicyclic amines) is 1. The molecule has 0 spiro atoms. The number of imide groups is 1. The molecule has 5 nitrogen and oxygen atoms in total. The number of nitrogens with zero attached hydrogens (tertiary/aromatic N) is 1. The van der Waals surface area contributed by atoms with Crippen molar-refractivity contribution in [2.75, 3.05) is 5.32 Å². The van der Waals surface area contributed by atoms with E-state index in [2.05, 4.69) is 21.2 Å². The molecular formula is C33H22BrCl3N2O3. The van der Waals surface area contributed by atoms with E-state index in [9.17, 15) is 14.4 Å². The molecule has 1 N–H and O–H groups in total. The number of anilines is 1. The minimum Gasteiger partial charge on any atom is -0.323 e. The normalized spacial score (nSPS) is 26.0. The van der Waals surface area contributed by atoms with E-state index in [-0.39, 0.29) is 6.42 Å². The van der Waals surface area contributed by atoms with Crippen LogP contribution in [-0.4, -0.2) is 28.7 Å². The number of hydrogen-bond donors (Lipinski definition) is 1. The first-order valence-corrected chi connectivity index (χ1v) is 15.3. The van der Waals surface area contributed by atoms with E-state index in [1.54, 1.807) is 18.2 Å². The van der Waals surface area contributed by atoms with Crippen LogP contribution in [0, 0.1) is 11.8 Å². The van der Waals surface area contributed by atoms with E-state index < -0.39 is 45.3 Å². The summed E-state index contributed by atoms with van der Waals surface area (Å²) in [5, 5.41) is 3.16. The van der Waals surface area contributed by atoms with Gasteiger partial charge in [-0.3, -0.25) is 19.3 Å². The predicted molar refractivity (Wildman–Crippen MR) is 167 cm³/mol. The van der Waals surface area contributed by atoms with Crippen molar-refractivity contribution in [1.82, 2.24) is 4.90 Å². The second-order valence-corrected chi connectivity index (χ2v) is 13.4. The molecule has 210 valence electrons. The highest BCUT2D eigenvalue weighted by Crippen LogP contribution is 2.69. The molecule has 8 rings (SSSR count). The molecule has 4 aliphatic rings. The predicted octanol–water partition coefficient (Wildman–Crippen LogP) is 7.25. The summed E-state index contributed by atoms with van der Waals surface area (Å²) in [6.45, 7) is 0. The molecule has 3 aliphatic carbocycles. The first kappa shape index (κ1) is 27.7. The highest BCUT2D eigenvalue weighted by Gasteiger charge is 2.73. The maximum Gasteiger partial charge on any atom is 0.248 e. The van der Waals surface area contributed by atoms with Crippen LogP contribution in [0.1, 0.15) is 27.8 Å². The Morgan fingerprint density at radius 2 is 1.26 bits per heavy atom. The van der Waals surface area contributed by atoms with E-state index in [4.69, 9.17) is 34.8 Å². The van der Waals surface area contributed by atoms with E-state index in [0.717, 1.165) is 14.9 Å². The van der Waals surface area contributed by atoms with Crippen LogP contribution >= 0.6 is 50.7 Å². The van der Waals surface area contributed by atoms with Gasteiger partial charge < -0.3 is 5.32 Å². The summed E-state index contributed by atoms with van der Waals surface area (Å²) in [7, 11) is 0. The molecule has 4 aromatic carbocycles. The van der Waals surface area contributed by atoms with Crippen molar-refractivity contribution in [3.8, 4) is 0 Å². The van der Waals surface area contributed by atoms with Crippen LogP contribution in [0.25, 0.3) is 0 Å². The molecule has 9 heteroatoms. The molecule has 3 amide bonds. The number of benzene rings is 4. The Morgan fingerprint density at radius 3 is 1.74 bits per heavy atom. The summed E-state index contributed by atoms with van der Waals surface area (Å²) in [4.78, 5) is 41.6. The summed E-state index contributed by atoms with van der Waals surface area (Å²) in [6, 6.07) is 28.0. The highest BCUT2D eigenvalue weighted by molar-refractivity contribution is 9.10. The van der Waals surface area contributed by atoms with Gasteiger partial charge in [-0.1, -0.05) is 106 Å². The second kappa shape index (κ2) is 9.95. The molecule has 42 heavy (non-hydrogen) atoms. The average molecular weight is 681 g/mol. The zero-order valence-electron chi connectivity index (χ0n) is 21.9. The van der Waals surface area contributed by atoms with Crippen LogP contribution in [0.2, 0.25) is 5.02 Å². The minimum absolute atomic E-state index is 0.0994. The molecule has 0 saturated carbocycles. The first-order chi connectivity index (χ1) is 20.2. The van der Waals surface area contributed by atoms with Gasteiger partial charge in [0.25, 0.3) is 0 Å². The molecular weight excluding hydrogens is 659 g/mol. The van der Waals surface area contributed by atoms with Crippen LogP contribution in [0.5, 0.6) is 0 Å². The van der Waals surface area contributed by atoms with E-state index >= 15 is 0 Å². The fraction of sp³-hybridized carbons (Fsp3) is 0.182. The van der Waals surface area contributed by atoms with Gasteiger partial charge in [0, 0.05) is 10.9 Å². The third-order valence-corrected chi connectivity index (χ3v) is 10.8. The Bertz CT molecular complexity index is 1680. The lowest BCUT2D eigenvalue weighted by Crippen LogP contribution is -2.57. The van der Waals surface area contributed by atoms with E-state index in [1.165, 1.54) is 0 Å². The molecule has 1 saturated heterocycles. The fourth-order valence-corrected chi connectivity index (χ4v) is 8.76. The van der Waals surface area contributed by atoms with Crippen LogP contribution in [0.4, 0.5) is 5.69 Å². The largest absolute Gasteiger partial charge is 0.323 e. The Morgan fingerprint density at radius 1 is 0.786 bits per heavy atom. The van der Waals surface area contributed by atoms with Gasteiger partial charge in [0.2, 0.25) is 17.7 Å². The maximum absolute atomic E-state index is 14.6. The molecule has 3 atom stereocenters. The third kappa shape index (κ3) is 3.78. The van der Waals surface area contributed by atoms with Crippen LogP contribution in [0.15, 0.2) is 102 Å². The summed E-state index contributed by atoms with van der Waals surface area (Å²) in [5.41, 5.74) is 3.96. The van der Waals surface area contributed by atoms with Crippen LogP contribution in [-0.2, 0) is 30.6 Å². The van der Waals surface area contributed by atoms with Crippen molar-refractivity contribution in [1.29, 1.82) is 0 Å². The molecule has 0 aromatic heterocycles. The standard InChI is InChI=1S/C33H22BrCl3N2O3/c34-19-14-15-25(24(35)17-19)38-29(40)26(16-18-8-2-1-3-9-18)39-30(41)27-28(31(39)42)33(37)21-11-5-4-10-20(21)32(27,36)22-12-6-7-13-23(22)33/h1-15,17,26-28H,16H2,(H,38,40)/t26-,27+,28+,32?,33?/m0/s1. The van der Waals surface area contributed by atoms with Gasteiger partial charge in [0.15, 0.2) is 0 Å². The second-order valence-electron chi connectivity index (χ2n) is 10.8. The van der Waals surface area contributed by atoms with E-state index in [1.807, 2.05) is 78.9 Å². The molecule has 2 bridgehead atoms. The molecule has 1 fully saturated rings. The number of carbonyl (C=O) groups excluding carboxylic acids is 3. The number of rotatable bonds is 5. The molecule has 1 aliphatic heterocycles. The Kier molecular flexibility index (Phi) is 6.55. The number of halogens is 4. The van der Waals surface area contributed by atoms with Crippen LogP contribution < -0.4 is 5.32 Å². The van der Waals surface area contributed by atoms with Gasteiger partial charge in [-0.2, -0.15) is 0 Å². The van der Waals surface area contributed by atoms with E-state index in [0.29, 0.717) is 33.0 Å². The Labute approximate surface area is 265 Å². The molecule has 4 aromatic rings. The van der Waals surface area contributed by atoms with Gasteiger partial charge in [0.1, 0.15) is 15.8 Å². The van der Waals surface area contributed by atoms with Crippen molar-refractivity contribution in [2.45, 2.75) is 22.2 Å². The number of amides is 3. The minimum atomic E-state index is -1.33. The van der Waals surface area contributed by atoms with Crippen molar-refractivity contribution >= 4 is 74.1 Å². The van der Waals surface area contributed by atoms with Gasteiger partial charge in [-0.05, 0) is 46.0 Å². The summed E-state index contributed by atoms with van der Waals surface area (Å²) in [5.74, 6) is -3.59. The van der Waals surface area contributed by atoms with Gasteiger partial charge in [-0.15, -0.1) is 23.2 Å². The molecule has 0 radical (unpaired) electrons. The number of nitrogens with one attached hydrogen (secondary N) is 1. The SMILES string of the molecule is O=C(Nc1ccc(Br)cc1Cl)[C@H](Cc1ccccc1)N1C(=O)[C@H]2[C@H](C1=O)C1(Cl)c3ccccc3C2(Cl)c2ccccc21. The Hall–Kier alpha value is -3.16. The topological polar surface area (TPSA) is 66.5 Å². The monoisotopic (exact) mass is 678 g/mol. The summed E-state index contributed by atoms with van der Waals surface area (Å²) in [6.07, 6.45) is 0.0994. The summed E-state index contributed by atoms with van der Waals surface area (Å²) >= 11 is 24.9. The number of hydrogen-bond acceptors (Lipinski definition) is 3. The lowest BCUT2D eigenvalue weighted by Gasteiger charge is -2.54.